The minimum Gasteiger partial charge on any atom is -0.352 e. The van der Waals surface area contributed by atoms with Crippen LogP contribution < -0.4 is 10.2 Å². The Bertz CT molecular complexity index is 951. The first-order chi connectivity index (χ1) is 14.7. The summed E-state index contributed by atoms with van der Waals surface area (Å²) in [5, 5.41) is 15.7. The van der Waals surface area contributed by atoms with Crippen LogP contribution in [0.25, 0.3) is 5.69 Å². The largest absolute Gasteiger partial charge is 0.352 e. The maximum atomic E-state index is 12.5. The molecule has 7 nitrogen and oxygen atoms in total. The van der Waals surface area contributed by atoms with E-state index in [1.54, 1.807) is 9.58 Å². The van der Waals surface area contributed by atoms with Crippen LogP contribution in [-0.4, -0.2) is 51.0 Å². The van der Waals surface area contributed by atoms with Gasteiger partial charge < -0.3 is 10.2 Å². The Morgan fingerprint density at radius 2 is 1.87 bits per heavy atom. The molecular weight excluding hydrogens is 396 g/mol. The molecule has 30 heavy (non-hydrogen) atoms. The molecule has 1 saturated heterocycles. The number of nitrogens with zero attached hydrogens (tertiary/aromatic N) is 4. The highest BCUT2D eigenvalue weighted by Crippen LogP contribution is 2.18. The first-order valence-electron chi connectivity index (χ1n) is 10.3. The molecule has 0 spiro atoms. The smallest absolute Gasteiger partial charge is 0.230 e. The average Bonchev–Trinajstić information content (AvgIpc) is 3.24. The minimum atomic E-state index is 0.0370. The molecule has 0 saturated carbocycles. The van der Waals surface area contributed by atoms with Gasteiger partial charge in [-0.05, 0) is 29.5 Å². The van der Waals surface area contributed by atoms with Crippen LogP contribution in [0, 0.1) is 6.92 Å². The highest BCUT2D eigenvalue weighted by Gasteiger charge is 2.23. The van der Waals surface area contributed by atoms with E-state index in [1.807, 2.05) is 31.2 Å². The van der Waals surface area contributed by atoms with Crippen LogP contribution in [0.4, 0.5) is 0 Å². The van der Waals surface area contributed by atoms with Gasteiger partial charge in [0.2, 0.25) is 11.1 Å². The molecule has 3 aromatic rings. The van der Waals surface area contributed by atoms with Crippen molar-refractivity contribution in [3.63, 3.8) is 0 Å². The third-order valence-corrected chi connectivity index (χ3v) is 6.33. The number of carbonyl (C=O) groups excluding carboxylic acids is 1. The SMILES string of the molecule is Cc1ccc(-n2nnnc2SCC(=O)NC2CC[NH+](Cc3ccccc3)CC2)cc1. The van der Waals surface area contributed by atoms with Crippen molar-refractivity contribution in [2.45, 2.75) is 37.5 Å². The molecule has 0 bridgehead atoms. The van der Waals surface area contributed by atoms with E-state index in [4.69, 9.17) is 0 Å². The lowest BCUT2D eigenvalue weighted by Crippen LogP contribution is -3.12. The van der Waals surface area contributed by atoms with Crippen LogP contribution in [0.2, 0.25) is 0 Å². The topological polar surface area (TPSA) is 77.1 Å². The molecule has 0 atom stereocenters. The molecule has 1 aliphatic rings. The molecule has 2 N–H and O–H groups in total. The van der Waals surface area contributed by atoms with Gasteiger partial charge in [-0.1, -0.05) is 59.8 Å². The molecule has 2 heterocycles. The second-order valence-corrected chi connectivity index (χ2v) is 8.69. The Hall–Kier alpha value is -2.71. The summed E-state index contributed by atoms with van der Waals surface area (Å²) in [6, 6.07) is 18.8. The Balaban J connectivity index is 1.23. The van der Waals surface area contributed by atoms with Gasteiger partial charge in [0.25, 0.3) is 0 Å². The summed E-state index contributed by atoms with van der Waals surface area (Å²) in [4.78, 5) is 14.0. The molecule has 2 aromatic carbocycles. The van der Waals surface area contributed by atoms with E-state index in [9.17, 15) is 4.79 Å². The van der Waals surface area contributed by atoms with Gasteiger partial charge in [-0.25, -0.2) is 0 Å². The number of quaternary nitrogens is 1. The van der Waals surface area contributed by atoms with Gasteiger partial charge in [0, 0.05) is 24.4 Å². The van der Waals surface area contributed by atoms with Gasteiger partial charge in [-0.2, -0.15) is 4.68 Å². The fourth-order valence-electron chi connectivity index (χ4n) is 3.75. The number of nitrogens with one attached hydrogen (secondary N) is 2. The predicted molar refractivity (Wildman–Crippen MR) is 117 cm³/mol. The van der Waals surface area contributed by atoms with Gasteiger partial charge >= 0.3 is 0 Å². The Labute approximate surface area is 180 Å². The van der Waals surface area contributed by atoms with Crippen LogP contribution >= 0.6 is 11.8 Å². The second kappa shape index (κ2) is 9.86. The number of tetrazole rings is 1. The summed E-state index contributed by atoms with van der Waals surface area (Å²) in [5.41, 5.74) is 3.44. The minimum absolute atomic E-state index is 0.0370. The van der Waals surface area contributed by atoms with Crippen molar-refractivity contribution in [2.75, 3.05) is 18.8 Å². The molecule has 8 heteroatoms. The Kier molecular flexibility index (Phi) is 6.76. The molecule has 0 aliphatic carbocycles. The number of likely N-dealkylation sites (tertiary alicyclic amines) is 1. The van der Waals surface area contributed by atoms with Crippen LogP contribution in [-0.2, 0) is 11.3 Å². The van der Waals surface area contributed by atoms with E-state index in [0.29, 0.717) is 10.9 Å². The fraction of sp³-hybridized carbons (Fsp3) is 0.364. The third kappa shape index (κ3) is 5.46. The van der Waals surface area contributed by atoms with E-state index in [-0.39, 0.29) is 11.9 Å². The number of benzene rings is 2. The monoisotopic (exact) mass is 423 g/mol. The number of amides is 1. The van der Waals surface area contributed by atoms with E-state index < -0.39 is 0 Å². The van der Waals surface area contributed by atoms with Crippen molar-refractivity contribution in [2.24, 2.45) is 0 Å². The number of piperidine rings is 1. The molecule has 4 rings (SSSR count). The van der Waals surface area contributed by atoms with Crippen LogP contribution in [0.5, 0.6) is 0 Å². The number of hydrogen-bond acceptors (Lipinski definition) is 5. The van der Waals surface area contributed by atoms with E-state index in [0.717, 1.165) is 38.2 Å². The molecule has 0 radical (unpaired) electrons. The fourth-order valence-corrected chi connectivity index (χ4v) is 4.45. The summed E-state index contributed by atoms with van der Waals surface area (Å²) in [6.07, 6.45) is 2.03. The zero-order chi connectivity index (χ0) is 20.8. The number of carbonyl (C=O) groups is 1. The molecule has 1 amide bonds. The molecule has 1 fully saturated rings. The van der Waals surface area contributed by atoms with Crippen molar-refractivity contribution in [1.82, 2.24) is 25.5 Å². The van der Waals surface area contributed by atoms with Gasteiger partial charge in [-0.15, -0.1) is 5.10 Å². The average molecular weight is 424 g/mol. The standard InChI is InChI=1S/C22H26N6OS/c1-17-7-9-20(10-8-17)28-22(24-25-26-28)30-16-21(29)23-19-11-13-27(14-12-19)15-18-5-3-2-4-6-18/h2-10,19H,11-16H2,1H3,(H,23,29)/p+1. The summed E-state index contributed by atoms with van der Waals surface area (Å²) >= 11 is 1.36. The summed E-state index contributed by atoms with van der Waals surface area (Å²) in [6.45, 7) is 5.26. The van der Waals surface area contributed by atoms with Gasteiger partial charge in [-0.3, -0.25) is 4.79 Å². The van der Waals surface area contributed by atoms with Crippen molar-refractivity contribution >= 4 is 17.7 Å². The van der Waals surface area contributed by atoms with Gasteiger partial charge in [0.05, 0.1) is 24.5 Å². The van der Waals surface area contributed by atoms with Gasteiger partial charge in [0.1, 0.15) is 6.54 Å². The van der Waals surface area contributed by atoms with Crippen molar-refractivity contribution in [3.8, 4) is 5.69 Å². The third-order valence-electron chi connectivity index (χ3n) is 5.41. The van der Waals surface area contributed by atoms with Crippen molar-refractivity contribution < 1.29 is 9.69 Å². The predicted octanol–water partition coefficient (Wildman–Crippen LogP) is 1.43. The molecule has 156 valence electrons. The van der Waals surface area contributed by atoms with Crippen molar-refractivity contribution in [3.05, 3.63) is 65.7 Å². The maximum Gasteiger partial charge on any atom is 0.230 e. The number of thioether (sulfide) groups is 1. The first-order valence-corrected chi connectivity index (χ1v) is 11.3. The number of aryl methyl sites for hydroxylation is 1. The Morgan fingerprint density at radius 1 is 1.13 bits per heavy atom. The lowest BCUT2D eigenvalue weighted by molar-refractivity contribution is -0.918. The highest BCUT2D eigenvalue weighted by atomic mass is 32.2. The number of aromatic nitrogens is 4. The van der Waals surface area contributed by atoms with Crippen LogP contribution in [0.1, 0.15) is 24.0 Å². The lowest BCUT2D eigenvalue weighted by Gasteiger charge is -2.29. The van der Waals surface area contributed by atoms with E-state index in [1.165, 1.54) is 22.9 Å². The van der Waals surface area contributed by atoms with E-state index >= 15 is 0 Å². The highest BCUT2D eigenvalue weighted by molar-refractivity contribution is 7.99. The second-order valence-electron chi connectivity index (χ2n) is 7.75. The van der Waals surface area contributed by atoms with Crippen molar-refractivity contribution in [1.29, 1.82) is 0 Å². The quantitative estimate of drug-likeness (QED) is 0.562. The zero-order valence-corrected chi connectivity index (χ0v) is 17.9. The molecular formula is C22H27N6OS+. The van der Waals surface area contributed by atoms with Gasteiger partial charge in [0.15, 0.2) is 0 Å². The molecule has 1 aliphatic heterocycles. The summed E-state index contributed by atoms with van der Waals surface area (Å²) in [5.74, 6) is 0.346. The summed E-state index contributed by atoms with van der Waals surface area (Å²) in [7, 11) is 0. The van der Waals surface area contributed by atoms with Crippen LogP contribution in [0.15, 0.2) is 59.8 Å². The first kappa shape index (κ1) is 20.6. The number of rotatable bonds is 7. The molecule has 1 aromatic heterocycles. The number of hydrogen-bond donors (Lipinski definition) is 2. The molecule has 0 unspecified atom stereocenters. The normalized spacial score (nSPS) is 18.8. The van der Waals surface area contributed by atoms with E-state index in [2.05, 4.69) is 51.2 Å². The zero-order valence-electron chi connectivity index (χ0n) is 17.1. The van der Waals surface area contributed by atoms with Crippen LogP contribution in [0.3, 0.4) is 0 Å². The lowest BCUT2D eigenvalue weighted by atomic mass is 10.0. The summed E-state index contributed by atoms with van der Waals surface area (Å²) < 4.78 is 1.67. The maximum absolute atomic E-state index is 12.5. The Morgan fingerprint density at radius 3 is 2.60 bits per heavy atom.